The quantitative estimate of drug-likeness (QED) is 0.351. The second kappa shape index (κ2) is 8.13. The average molecular weight is 454 g/mol. The Morgan fingerprint density at radius 1 is 1.03 bits per heavy atom. The van der Waals surface area contributed by atoms with Crippen molar-refractivity contribution in [3.63, 3.8) is 0 Å². The van der Waals surface area contributed by atoms with Gasteiger partial charge < -0.3 is 20.8 Å². The van der Waals surface area contributed by atoms with Gasteiger partial charge in [0.2, 0.25) is 27.8 Å². The maximum Gasteiger partial charge on any atom is 0.349 e. The van der Waals surface area contributed by atoms with E-state index in [1.807, 2.05) is 6.92 Å². The molecular weight excluding hydrogens is 436 g/mol. The lowest BCUT2D eigenvalue weighted by Crippen LogP contribution is -2.22. The zero-order chi connectivity index (χ0) is 22.9. The summed E-state index contributed by atoms with van der Waals surface area (Å²) in [6.07, 6.45) is 1.55. The Labute approximate surface area is 182 Å². The van der Waals surface area contributed by atoms with Crippen molar-refractivity contribution in [1.82, 2.24) is 19.7 Å². The molecule has 6 N–H and O–H groups in total. The molecule has 4 rings (SSSR count). The zero-order valence-corrected chi connectivity index (χ0v) is 17.5. The second-order valence-electron chi connectivity index (χ2n) is 6.70. The van der Waals surface area contributed by atoms with E-state index in [2.05, 4.69) is 25.7 Å². The van der Waals surface area contributed by atoms with Crippen LogP contribution in [-0.2, 0) is 10.0 Å². The van der Waals surface area contributed by atoms with E-state index >= 15 is 0 Å². The van der Waals surface area contributed by atoms with Crippen LogP contribution in [0.15, 0.2) is 64.1 Å². The summed E-state index contributed by atoms with van der Waals surface area (Å²) >= 11 is 0. The van der Waals surface area contributed by atoms with Crippen LogP contribution in [0.3, 0.4) is 0 Å². The molecule has 0 atom stereocenters. The van der Waals surface area contributed by atoms with Crippen LogP contribution in [0.2, 0.25) is 0 Å². The van der Waals surface area contributed by atoms with Gasteiger partial charge in [-0.2, -0.15) is 4.98 Å². The molecular formula is C19H18N8O4S. The average Bonchev–Trinajstić information content (AvgIpc) is 3.34. The Morgan fingerprint density at radius 3 is 2.28 bits per heavy atom. The third-order valence-electron chi connectivity index (χ3n) is 4.27. The fraction of sp³-hybridized carbons (Fsp3) is 0.0526. The lowest BCUT2D eigenvalue weighted by atomic mass is 10.2. The lowest BCUT2D eigenvalue weighted by molar-refractivity contribution is 0.251. The number of sulfonamides is 1. The van der Waals surface area contributed by atoms with Gasteiger partial charge in [0.15, 0.2) is 0 Å². The van der Waals surface area contributed by atoms with Crippen LogP contribution in [0, 0.1) is 6.92 Å². The summed E-state index contributed by atoms with van der Waals surface area (Å²) in [4.78, 5) is 20.7. The van der Waals surface area contributed by atoms with Crippen molar-refractivity contribution in [2.75, 3.05) is 16.4 Å². The molecule has 1 amide bonds. The number of rotatable bonds is 5. The Kier molecular flexibility index (Phi) is 5.34. The Balaban J connectivity index is 1.44. The minimum Gasteiger partial charge on any atom is -0.444 e. The number of aromatic nitrogens is 4. The molecule has 2 aromatic carbocycles. The summed E-state index contributed by atoms with van der Waals surface area (Å²) < 4.78 is 28.9. The van der Waals surface area contributed by atoms with Gasteiger partial charge in [0.25, 0.3) is 0 Å². The standard InChI is InChI=1S/C19H18N8O4S/c1-11-10-31-16(22-11)12-2-4-14(5-3-12)24-19(28)27-17(20)25-18(26-27)23-13-6-8-15(9-7-13)32(21,29)30/h2-10H,1H3,(H,24,28)(H2,21,29,30)(H3,20,23,25,26). The van der Waals surface area contributed by atoms with E-state index in [1.165, 1.54) is 24.3 Å². The molecule has 0 saturated heterocycles. The monoisotopic (exact) mass is 454 g/mol. The number of aryl methyl sites for hydroxylation is 1. The summed E-state index contributed by atoms with van der Waals surface area (Å²) in [7, 11) is -3.80. The molecule has 2 heterocycles. The number of carbonyl (C=O) groups is 1. The number of amides is 1. The van der Waals surface area contributed by atoms with E-state index in [9.17, 15) is 13.2 Å². The first kappa shape index (κ1) is 21.0. The molecule has 0 aliphatic rings. The molecule has 32 heavy (non-hydrogen) atoms. The fourth-order valence-corrected chi connectivity index (χ4v) is 3.26. The number of hydrogen-bond donors (Lipinski definition) is 4. The molecule has 0 aliphatic carbocycles. The van der Waals surface area contributed by atoms with E-state index in [4.69, 9.17) is 15.3 Å². The maximum atomic E-state index is 12.5. The molecule has 0 unspecified atom stereocenters. The van der Waals surface area contributed by atoms with E-state index in [0.717, 1.165) is 15.9 Å². The Hall–Kier alpha value is -4.23. The highest BCUT2D eigenvalue weighted by molar-refractivity contribution is 7.89. The van der Waals surface area contributed by atoms with Crippen molar-refractivity contribution in [3.8, 4) is 11.5 Å². The molecule has 0 bridgehead atoms. The number of nitrogens with one attached hydrogen (secondary N) is 2. The van der Waals surface area contributed by atoms with E-state index in [1.54, 1.807) is 30.5 Å². The predicted octanol–water partition coefficient (Wildman–Crippen LogP) is 2.29. The number of primary sulfonamides is 1. The van der Waals surface area contributed by atoms with Crippen molar-refractivity contribution in [2.24, 2.45) is 5.14 Å². The van der Waals surface area contributed by atoms with Gasteiger partial charge in [-0.05, 0) is 55.5 Å². The molecule has 0 spiro atoms. The Morgan fingerprint density at radius 2 is 1.69 bits per heavy atom. The third-order valence-corrected chi connectivity index (χ3v) is 5.19. The second-order valence-corrected chi connectivity index (χ2v) is 8.26. The van der Waals surface area contributed by atoms with Gasteiger partial charge in [0.05, 0.1) is 10.6 Å². The lowest BCUT2D eigenvalue weighted by Gasteiger charge is -2.06. The molecule has 2 aromatic heterocycles. The van der Waals surface area contributed by atoms with Crippen LogP contribution in [-0.4, -0.2) is 34.2 Å². The minimum absolute atomic E-state index is 0.0376. The predicted molar refractivity (Wildman–Crippen MR) is 117 cm³/mol. The summed E-state index contributed by atoms with van der Waals surface area (Å²) in [6, 6.07) is 11.9. The summed E-state index contributed by atoms with van der Waals surface area (Å²) in [5.74, 6) is 0.391. The summed E-state index contributed by atoms with van der Waals surface area (Å²) in [5, 5.41) is 14.6. The first-order valence-electron chi connectivity index (χ1n) is 9.15. The van der Waals surface area contributed by atoms with Gasteiger partial charge in [0.1, 0.15) is 6.26 Å². The number of oxazole rings is 1. The molecule has 0 saturated carbocycles. The summed E-state index contributed by atoms with van der Waals surface area (Å²) in [6.45, 7) is 1.83. The molecule has 12 nitrogen and oxygen atoms in total. The third kappa shape index (κ3) is 4.58. The first-order valence-corrected chi connectivity index (χ1v) is 10.7. The first-order chi connectivity index (χ1) is 15.2. The van der Waals surface area contributed by atoms with Gasteiger partial charge in [0, 0.05) is 16.9 Å². The van der Waals surface area contributed by atoms with Crippen LogP contribution in [0.25, 0.3) is 11.5 Å². The van der Waals surface area contributed by atoms with Crippen molar-refractivity contribution in [1.29, 1.82) is 0 Å². The highest BCUT2D eigenvalue weighted by Crippen LogP contribution is 2.21. The van der Waals surface area contributed by atoms with E-state index < -0.39 is 16.1 Å². The molecule has 164 valence electrons. The number of nitrogen functional groups attached to an aromatic ring is 1. The van der Waals surface area contributed by atoms with Crippen LogP contribution in [0.5, 0.6) is 0 Å². The van der Waals surface area contributed by atoms with Gasteiger partial charge in [-0.25, -0.2) is 23.3 Å². The van der Waals surface area contributed by atoms with Gasteiger partial charge in [-0.15, -0.1) is 9.78 Å². The van der Waals surface area contributed by atoms with Crippen molar-refractivity contribution in [2.45, 2.75) is 11.8 Å². The minimum atomic E-state index is -3.80. The number of anilines is 4. The van der Waals surface area contributed by atoms with Crippen LogP contribution in [0.1, 0.15) is 5.69 Å². The van der Waals surface area contributed by atoms with E-state index in [-0.39, 0.29) is 16.8 Å². The fourth-order valence-electron chi connectivity index (χ4n) is 2.74. The van der Waals surface area contributed by atoms with Crippen molar-refractivity contribution in [3.05, 3.63) is 60.5 Å². The smallest absolute Gasteiger partial charge is 0.349 e. The van der Waals surface area contributed by atoms with Gasteiger partial charge in [-0.1, -0.05) is 0 Å². The maximum absolute atomic E-state index is 12.5. The SMILES string of the molecule is Cc1coc(-c2ccc(NC(=O)n3nc(Nc4ccc(S(N)(=O)=O)cc4)nc3N)cc2)n1. The number of carbonyl (C=O) groups excluding carboxylic acids is 1. The van der Waals surface area contributed by atoms with E-state index in [0.29, 0.717) is 17.3 Å². The largest absolute Gasteiger partial charge is 0.444 e. The molecule has 4 aromatic rings. The molecule has 13 heteroatoms. The molecule has 0 fully saturated rings. The van der Waals surface area contributed by atoms with Gasteiger partial charge >= 0.3 is 6.03 Å². The topological polar surface area (TPSA) is 184 Å². The number of nitrogens with two attached hydrogens (primary N) is 2. The highest BCUT2D eigenvalue weighted by atomic mass is 32.2. The normalized spacial score (nSPS) is 11.3. The zero-order valence-electron chi connectivity index (χ0n) is 16.7. The number of nitrogens with zero attached hydrogens (tertiary/aromatic N) is 4. The van der Waals surface area contributed by atoms with Crippen molar-refractivity contribution < 1.29 is 17.6 Å². The summed E-state index contributed by atoms with van der Waals surface area (Å²) in [5.41, 5.74) is 8.32. The number of hydrogen-bond acceptors (Lipinski definition) is 9. The number of benzene rings is 2. The molecule has 0 aliphatic heterocycles. The van der Waals surface area contributed by atoms with Crippen molar-refractivity contribution >= 4 is 39.3 Å². The Bertz CT molecular complexity index is 1380. The van der Waals surface area contributed by atoms with Crippen LogP contribution in [0.4, 0.5) is 28.1 Å². The van der Waals surface area contributed by atoms with Crippen LogP contribution < -0.4 is 21.5 Å². The van der Waals surface area contributed by atoms with Crippen LogP contribution >= 0.6 is 0 Å². The molecule has 0 radical (unpaired) electrons. The van der Waals surface area contributed by atoms with Gasteiger partial charge in [-0.3, -0.25) is 0 Å². The highest BCUT2D eigenvalue weighted by Gasteiger charge is 2.15.